The van der Waals surface area contributed by atoms with Gasteiger partial charge in [0.1, 0.15) is 0 Å². The third kappa shape index (κ3) is 2.75. The van der Waals surface area contributed by atoms with Gasteiger partial charge in [-0.3, -0.25) is 0 Å². The van der Waals surface area contributed by atoms with E-state index in [2.05, 4.69) is 10.8 Å². The molecule has 1 heterocycles. The molecule has 2 aliphatic rings. The molecule has 84 valence electrons. The molecule has 2 fully saturated rings. The lowest BCUT2D eigenvalue weighted by molar-refractivity contribution is 0.108. The summed E-state index contributed by atoms with van der Waals surface area (Å²) in [6, 6.07) is 0. The Morgan fingerprint density at radius 3 is 2.33 bits per heavy atom. The lowest BCUT2D eigenvalue weighted by Crippen LogP contribution is -2.39. The summed E-state index contributed by atoms with van der Waals surface area (Å²) in [5, 5.41) is 0. The number of unbranched alkanes of at least 4 members (excludes halogenated alkanes) is 1. The molecule has 2 rings (SSSR count). The second-order valence-corrected chi connectivity index (χ2v) is 5.36. The van der Waals surface area contributed by atoms with Crippen molar-refractivity contribution >= 4 is 0 Å². The highest BCUT2D eigenvalue weighted by atomic mass is 15.1. The highest BCUT2D eigenvalue weighted by Crippen LogP contribution is 2.45. The summed E-state index contributed by atoms with van der Waals surface area (Å²) in [5.41, 5.74) is 0.766. The van der Waals surface area contributed by atoms with Crippen molar-refractivity contribution in [3.05, 3.63) is 0 Å². The van der Waals surface area contributed by atoms with Gasteiger partial charge in [-0.1, -0.05) is 12.8 Å². The van der Waals surface area contributed by atoms with Crippen molar-refractivity contribution < 1.29 is 0 Å². The van der Waals surface area contributed by atoms with E-state index in [0.717, 1.165) is 11.8 Å². The van der Waals surface area contributed by atoms with Crippen LogP contribution < -0.4 is 0 Å². The van der Waals surface area contributed by atoms with Gasteiger partial charge >= 0.3 is 0 Å². The Hall–Kier alpha value is -0.480. The van der Waals surface area contributed by atoms with Gasteiger partial charge < -0.3 is 4.90 Å². The molecule has 1 nitrogen and oxygen atoms in total. The minimum Gasteiger partial charge on any atom is -0.303 e. The van der Waals surface area contributed by atoms with E-state index >= 15 is 0 Å². The fourth-order valence-corrected chi connectivity index (χ4v) is 3.28. The topological polar surface area (TPSA) is 3.24 Å². The Morgan fingerprint density at radius 2 is 1.73 bits per heavy atom. The van der Waals surface area contributed by atoms with Gasteiger partial charge in [0.15, 0.2) is 0 Å². The molecule has 0 radical (unpaired) electrons. The minimum absolute atomic E-state index is 0.766. The van der Waals surface area contributed by atoms with Gasteiger partial charge in [-0.15, -0.1) is 12.3 Å². The Bertz CT molecular complexity index is 222. The summed E-state index contributed by atoms with van der Waals surface area (Å²) in [4.78, 5) is 2.61. The zero-order valence-corrected chi connectivity index (χ0v) is 9.80. The van der Waals surface area contributed by atoms with Gasteiger partial charge in [0.25, 0.3) is 0 Å². The molecule has 0 N–H and O–H groups in total. The van der Waals surface area contributed by atoms with Crippen LogP contribution in [0.25, 0.3) is 0 Å². The van der Waals surface area contributed by atoms with E-state index in [-0.39, 0.29) is 0 Å². The van der Waals surface area contributed by atoms with Crippen LogP contribution in [0.3, 0.4) is 0 Å². The Morgan fingerprint density at radius 1 is 1.07 bits per heavy atom. The fourth-order valence-electron chi connectivity index (χ4n) is 3.28. The van der Waals surface area contributed by atoms with Crippen LogP contribution in [0.5, 0.6) is 0 Å². The van der Waals surface area contributed by atoms with Gasteiger partial charge in [-0.2, -0.15) is 0 Å². The summed E-state index contributed by atoms with van der Waals surface area (Å²) in [7, 11) is 0. The molecule has 1 spiro atoms. The molecule has 1 saturated carbocycles. The molecular formula is C14H23N. The normalized spacial score (nSPS) is 25.5. The Balaban J connectivity index is 1.70. The number of rotatable bonds is 3. The van der Waals surface area contributed by atoms with Gasteiger partial charge in [-0.05, 0) is 57.2 Å². The molecule has 0 unspecified atom stereocenters. The molecule has 15 heavy (non-hydrogen) atoms. The van der Waals surface area contributed by atoms with Crippen LogP contribution in [-0.2, 0) is 0 Å². The molecule has 0 atom stereocenters. The predicted molar refractivity (Wildman–Crippen MR) is 64.6 cm³/mol. The molecule has 1 aliphatic carbocycles. The molecule has 0 aromatic carbocycles. The second-order valence-electron chi connectivity index (χ2n) is 5.36. The smallest absolute Gasteiger partial charge is 0.00982 e. The van der Waals surface area contributed by atoms with Crippen LogP contribution in [0, 0.1) is 17.8 Å². The first-order valence-corrected chi connectivity index (χ1v) is 6.51. The average Bonchev–Trinajstić information content (AvgIpc) is 2.71. The van der Waals surface area contributed by atoms with E-state index in [1.807, 2.05) is 0 Å². The summed E-state index contributed by atoms with van der Waals surface area (Å²) < 4.78 is 0. The maximum atomic E-state index is 5.27. The lowest BCUT2D eigenvalue weighted by Gasteiger charge is -2.39. The van der Waals surface area contributed by atoms with Crippen molar-refractivity contribution in [1.29, 1.82) is 0 Å². The lowest BCUT2D eigenvalue weighted by atomic mass is 9.77. The van der Waals surface area contributed by atoms with Crippen molar-refractivity contribution in [3.8, 4) is 12.3 Å². The van der Waals surface area contributed by atoms with Gasteiger partial charge in [0, 0.05) is 6.42 Å². The van der Waals surface area contributed by atoms with Crippen LogP contribution in [-0.4, -0.2) is 24.5 Å². The zero-order chi connectivity index (χ0) is 10.6. The molecule has 1 saturated heterocycles. The van der Waals surface area contributed by atoms with Crippen molar-refractivity contribution in [2.24, 2.45) is 5.41 Å². The molecule has 1 aliphatic heterocycles. The quantitative estimate of drug-likeness (QED) is 0.505. The first-order valence-electron chi connectivity index (χ1n) is 6.51. The van der Waals surface area contributed by atoms with E-state index in [1.165, 1.54) is 64.6 Å². The standard InChI is InChI=1S/C14H23N/c1-2-3-6-11-15-12-9-14(10-13-15)7-4-5-8-14/h1H,3-13H2. The van der Waals surface area contributed by atoms with Crippen LogP contribution in [0.1, 0.15) is 51.4 Å². The Labute approximate surface area is 94.2 Å². The summed E-state index contributed by atoms with van der Waals surface area (Å²) >= 11 is 0. The molecule has 1 heteroatoms. The number of terminal acetylenes is 1. The third-order valence-corrected chi connectivity index (χ3v) is 4.38. The molecular weight excluding hydrogens is 182 g/mol. The largest absolute Gasteiger partial charge is 0.303 e. The number of piperidine rings is 1. The van der Waals surface area contributed by atoms with Crippen LogP contribution in [0.15, 0.2) is 0 Å². The molecule has 0 bridgehead atoms. The number of likely N-dealkylation sites (tertiary alicyclic amines) is 1. The average molecular weight is 205 g/mol. The zero-order valence-electron chi connectivity index (χ0n) is 9.80. The van der Waals surface area contributed by atoms with E-state index in [4.69, 9.17) is 6.42 Å². The summed E-state index contributed by atoms with van der Waals surface area (Å²) in [6.45, 7) is 3.87. The number of nitrogens with zero attached hydrogens (tertiary/aromatic N) is 1. The van der Waals surface area contributed by atoms with Crippen LogP contribution in [0.2, 0.25) is 0 Å². The van der Waals surface area contributed by atoms with Crippen LogP contribution >= 0.6 is 0 Å². The maximum Gasteiger partial charge on any atom is 0.00982 e. The summed E-state index contributed by atoms with van der Waals surface area (Å²) in [6.07, 6.45) is 16.3. The summed E-state index contributed by atoms with van der Waals surface area (Å²) in [5.74, 6) is 2.73. The monoisotopic (exact) mass is 205 g/mol. The highest BCUT2D eigenvalue weighted by Gasteiger charge is 2.36. The number of hydrogen-bond donors (Lipinski definition) is 0. The minimum atomic E-state index is 0.766. The van der Waals surface area contributed by atoms with E-state index in [1.54, 1.807) is 0 Å². The Kier molecular flexibility index (Phi) is 3.70. The van der Waals surface area contributed by atoms with Gasteiger partial charge in [0.05, 0.1) is 0 Å². The third-order valence-electron chi connectivity index (χ3n) is 4.38. The predicted octanol–water partition coefficient (Wildman–Crippen LogP) is 3.06. The molecule has 0 aromatic rings. The van der Waals surface area contributed by atoms with E-state index in [0.29, 0.717) is 0 Å². The van der Waals surface area contributed by atoms with E-state index in [9.17, 15) is 0 Å². The first kappa shape index (κ1) is 11.0. The van der Waals surface area contributed by atoms with Gasteiger partial charge in [0.2, 0.25) is 0 Å². The van der Waals surface area contributed by atoms with Crippen molar-refractivity contribution in [2.75, 3.05) is 19.6 Å². The molecule has 0 amide bonds. The highest BCUT2D eigenvalue weighted by molar-refractivity contribution is 4.90. The second kappa shape index (κ2) is 5.03. The van der Waals surface area contributed by atoms with Gasteiger partial charge in [-0.25, -0.2) is 0 Å². The SMILES string of the molecule is C#CCCCN1CCC2(CCCC2)CC1. The number of hydrogen-bond acceptors (Lipinski definition) is 1. The van der Waals surface area contributed by atoms with Crippen molar-refractivity contribution in [1.82, 2.24) is 4.90 Å². The van der Waals surface area contributed by atoms with Crippen molar-refractivity contribution in [3.63, 3.8) is 0 Å². The van der Waals surface area contributed by atoms with Crippen LogP contribution in [0.4, 0.5) is 0 Å². The molecule has 0 aromatic heterocycles. The van der Waals surface area contributed by atoms with Crippen molar-refractivity contribution in [2.45, 2.75) is 51.4 Å². The van der Waals surface area contributed by atoms with E-state index < -0.39 is 0 Å². The maximum absolute atomic E-state index is 5.27. The fraction of sp³-hybridized carbons (Fsp3) is 0.857. The first-order chi connectivity index (χ1) is 7.35.